The van der Waals surface area contributed by atoms with Gasteiger partial charge in [-0.25, -0.2) is 0 Å². The average Bonchev–Trinajstić information content (AvgIpc) is 2.46. The van der Waals surface area contributed by atoms with Gasteiger partial charge in [-0.2, -0.15) is 0 Å². The van der Waals surface area contributed by atoms with Gasteiger partial charge in [-0.1, -0.05) is 62.9 Å². The Morgan fingerprint density at radius 2 is 1.63 bits per heavy atom. The van der Waals surface area contributed by atoms with Crippen LogP contribution in [0.4, 0.5) is 5.69 Å². The molecule has 0 atom stereocenters. The Labute approximate surface area is 116 Å². The third kappa shape index (κ3) is 3.72. The van der Waals surface area contributed by atoms with Gasteiger partial charge in [0.25, 0.3) is 0 Å². The van der Waals surface area contributed by atoms with Gasteiger partial charge in [0.05, 0.1) is 0 Å². The molecule has 1 N–H and O–H groups in total. The summed E-state index contributed by atoms with van der Waals surface area (Å²) < 4.78 is 0. The number of nitrogens with one attached hydrogen (secondary N) is 1. The van der Waals surface area contributed by atoms with Crippen LogP contribution < -0.4 is 5.32 Å². The summed E-state index contributed by atoms with van der Waals surface area (Å²) in [5, 5.41) is 3.41. The first-order valence-electron chi connectivity index (χ1n) is 6.74. The SMILES string of the molecule is C=C(CNc1ccc(C(C)C)cc1)c1ccccc1. The first kappa shape index (κ1) is 13.4. The van der Waals surface area contributed by atoms with E-state index in [0.717, 1.165) is 17.8 Å². The highest BCUT2D eigenvalue weighted by atomic mass is 14.9. The van der Waals surface area contributed by atoms with Crippen LogP contribution >= 0.6 is 0 Å². The van der Waals surface area contributed by atoms with Gasteiger partial charge in [0, 0.05) is 12.2 Å². The molecule has 0 heterocycles. The summed E-state index contributed by atoms with van der Waals surface area (Å²) >= 11 is 0. The first-order valence-corrected chi connectivity index (χ1v) is 6.74. The van der Waals surface area contributed by atoms with Gasteiger partial charge in [-0.15, -0.1) is 0 Å². The maximum Gasteiger partial charge on any atom is 0.0400 e. The second kappa shape index (κ2) is 6.24. The van der Waals surface area contributed by atoms with Gasteiger partial charge in [0.15, 0.2) is 0 Å². The first-order chi connectivity index (χ1) is 9.16. The maximum absolute atomic E-state index is 4.12. The lowest BCUT2D eigenvalue weighted by molar-refractivity contribution is 0.867. The largest absolute Gasteiger partial charge is 0.381 e. The number of anilines is 1. The molecule has 2 aromatic rings. The highest BCUT2D eigenvalue weighted by Crippen LogP contribution is 2.18. The van der Waals surface area contributed by atoms with Crippen LogP contribution in [0, 0.1) is 0 Å². The molecule has 2 aromatic carbocycles. The normalized spacial score (nSPS) is 10.5. The van der Waals surface area contributed by atoms with Crippen LogP contribution in [0.3, 0.4) is 0 Å². The summed E-state index contributed by atoms with van der Waals surface area (Å²) in [6.07, 6.45) is 0. The second-order valence-corrected chi connectivity index (χ2v) is 5.10. The van der Waals surface area contributed by atoms with E-state index in [1.165, 1.54) is 11.1 Å². The molecular formula is C18H21N. The molecule has 0 saturated carbocycles. The van der Waals surface area contributed by atoms with E-state index in [-0.39, 0.29) is 0 Å². The minimum Gasteiger partial charge on any atom is -0.381 e. The fraction of sp³-hybridized carbons (Fsp3) is 0.222. The van der Waals surface area contributed by atoms with E-state index in [1.807, 2.05) is 18.2 Å². The van der Waals surface area contributed by atoms with E-state index in [4.69, 9.17) is 0 Å². The van der Waals surface area contributed by atoms with Crippen molar-refractivity contribution in [2.45, 2.75) is 19.8 Å². The fourth-order valence-electron chi connectivity index (χ4n) is 1.97. The van der Waals surface area contributed by atoms with E-state index in [1.54, 1.807) is 0 Å². The van der Waals surface area contributed by atoms with E-state index in [2.05, 4.69) is 62.1 Å². The van der Waals surface area contributed by atoms with E-state index in [0.29, 0.717) is 5.92 Å². The number of hydrogen-bond donors (Lipinski definition) is 1. The molecule has 0 spiro atoms. The Kier molecular flexibility index (Phi) is 4.40. The van der Waals surface area contributed by atoms with Gasteiger partial charge in [0.2, 0.25) is 0 Å². The topological polar surface area (TPSA) is 12.0 Å². The van der Waals surface area contributed by atoms with Crippen LogP contribution in [0.25, 0.3) is 5.57 Å². The van der Waals surface area contributed by atoms with E-state index < -0.39 is 0 Å². The maximum atomic E-state index is 4.12. The Bertz CT molecular complexity index is 523. The Morgan fingerprint density at radius 1 is 1.00 bits per heavy atom. The third-order valence-electron chi connectivity index (χ3n) is 3.27. The zero-order valence-corrected chi connectivity index (χ0v) is 11.7. The van der Waals surface area contributed by atoms with Crippen molar-refractivity contribution >= 4 is 11.3 Å². The predicted octanol–water partition coefficient (Wildman–Crippen LogP) is 4.94. The quantitative estimate of drug-likeness (QED) is 0.794. The van der Waals surface area contributed by atoms with Gasteiger partial charge in [-0.05, 0) is 34.8 Å². The van der Waals surface area contributed by atoms with Gasteiger partial charge < -0.3 is 5.32 Å². The fourth-order valence-corrected chi connectivity index (χ4v) is 1.97. The van der Waals surface area contributed by atoms with Crippen molar-refractivity contribution < 1.29 is 0 Å². The monoisotopic (exact) mass is 251 g/mol. The average molecular weight is 251 g/mol. The van der Waals surface area contributed by atoms with Crippen molar-refractivity contribution in [2.24, 2.45) is 0 Å². The predicted molar refractivity (Wildman–Crippen MR) is 84.5 cm³/mol. The lowest BCUT2D eigenvalue weighted by Gasteiger charge is -2.11. The van der Waals surface area contributed by atoms with Crippen molar-refractivity contribution in [2.75, 3.05) is 11.9 Å². The molecule has 1 heteroatoms. The zero-order chi connectivity index (χ0) is 13.7. The van der Waals surface area contributed by atoms with Crippen LogP contribution in [-0.4, -0.2) is 6.54 Å². The molecular weight excluding hydrogens is 230 g/mol. The summed E-state index contributed by atoms with van der Waals surface area (Å²) in [5.41, 5.74) is 4.80. The molecule has 0 aliphatic rings. The highest BCUT2D eigenvalue weighted by molar-refractivity contribution is 5.67. The molecule has 0 bridgehead atoms. The second-order valence-electron chi connectivity index (χ2n) is 5.10. The molecule has 0 aromatic heterocycles. The summed E-state index contributed by atoms with van der Waals surface area (Å²) in [4.78, 5) is 0. The summed E-state index contributed by atoms with van der Waals surface area (Å²) in [6, 6.07) is 18.9. The summed E-state index contributed by atoms with van der Waals surface area (Å²) in [7, 11) is 0. The molecule has 0 amide bonds. The van der Waals surface area contributed by atoms with Crippen molar-refractivity contribution in [1.29, 1.82) is 0 Å². The lowest BCUT2D eigenvalue weighted by atomic mass is 10.0. The van der Waals surface area contributed by atoms with Gasteiger partial charge >= 0.3 is 0 Å². The Balaban J connectivity index is 1.94. The molecule has 0 radical (unpaired) electrons. The zero-order valence-electron chi connectivity index (χ0n) is 11.7. The molecule has 98 valence electrons. The minimum absolute atomic E-state index is 0.577. The molecule has 0 fully saturated rings. The molecule has 1 nitrogen and oxygen atoms in total. The van der Waals surface area contributed by atoms with Crippen LogP contribution in [0.15, 0.2) is 61.2 Å². The van der Waals surface area contributed by atoms with Gasteiger partial charge in [0.1, 0.15) is 0 Å². The lowest BCUT2D eigenvalue weighted by Crippen LogP contribution is -2.03. The van der Waals surface area contributed by atoms with Crippen molar-refractivity contribution in [3.63, 3.8) is 0 Å². The standard InChI is InChI=1S/C18H21N/c1-14(2)16-9-11-18(12-10-16)19-13-15(3)17-7-5-4-6-8-17/h4-12,14,19H,3,13H2,1-2H3. The highest BCUT2D eigenvalue weighted by Gasteiger charge is 2.00. The van der Waals surface area contributed by atoms with Crippen molar-refractivity contribution in [3.05, 3.63) is 72.3 Å². The molecule has 2 rings (SSSR count). The van der Waals surface area contributed by atoms with Crippen molar-refractivity contribution in [3.8, 4) is 0 Å². The number of rotatable bonds is 5. The van der Waals surface area contributed by atoms with Gasteiger partial charge in [-0.3, -0.25) is 0 Å². The van der Waals surface area contributed by atoms with Crippen LogP contribution in [0.2, 0.25) is 0 Å². The Morgan fingerprint density at radius 3 is 2.21 bits per heavy atom. The molecule has 0 unspecified atom stereocenters. The smallest absolute Gasteiger partial charge is 0.0400 e. The van der Waals surface area contributed by atoms with Crippen LogP contribution in [0.5, 0.6) is 0 Å². The molecule has 19 heavy (non-hydrogen) atoms. The minimum atomic E-state index is 0.577. The molecule has 0 saturated heterocycles. The summed E-state index contributed by atoms with van der Waals surface area (Å²) in [6.45, 7) is 9.31. The number of benzene rings is 2. The van der Waals surface area contributed by atoms with Crippen LogP contribution in [-0.2, 0) is 0 Å². The third-order valence-corrected chi connectivity index (χ3v) is 3.27. The number of hydrogen-bond acceptors (Lipinski definition) is 1. The van der Waals surface area contributed by atoms with Crippen molar-refractivity contribution in [1.82, 2.24) is 0 Å². The van der Waals surface area contributed by atoms with E-state index in [9.17, 15) is 0 Å². The molecule has 0 aliphatic carbocycles. The van der Waals surface area contributed by atoms with Crippen LogP contribution in [0.1, 0.15) is 30.9 Å². The molecule has 0 aliphatic heterocycles. The summed E-state index contributed by atoms with van der Waals surface area (Å²) in [5.74, 6) is 0.577. The Hall–Kier alpha value is -2.02. The van der Waals surface area contributed by atoms with E-state index >= 15 is 0 Å².